The lowest BCUT2D eigenvalue weighted by atomic mass is 9.81. The Bertz CT molecular complexity index is 4820. The summed E-state index contributed by atoms with van der Waals surface area (Å²) in [6, 6.07) is 33.7. The monoisotopic (exact) mass is 1860 g/mol. The first kappa shape index (κ1) is 107. The molecule has 10 rings (SSSR count). The van der Waals surface area contributed by atoms with Crippen LogP contribution in [-0.4, -0.2) is 163 Å². The Labute approximate surface area is 767 Å². The van der Waals surface area contributed by atoms with Crippen LogP contribution in [0.1, 0.15) is 217 Å². The van der Waals surface area contributed by atoms with Gasteiger partial charge < -0.3 is 59.9 Å². The van der Waals surface area contributed by atoms with E-state index in [1.165, 1.54) is 80.7 Å². The van der Waals surface area contributed by atoms with Crippen molar-refractivity contribution in [1.82, 2.24) is 10.6 Å². The molecule has 4 aromatic carbocycles. The number of hydrogen-bond acceptors (Lipinski definition) is 22. The van der Waals surface area contributed by atoms with E-state index < -0.39 is 37.5 Å². The summed E-state index contributed by atoms with van der Waals surface area (Å²) in [5.74, 6) is 1.89. The number of carbonyl (C=O) groups is 2. The highest BCUT2D eigenvalue weighted by molar-refractivity contribution is 8.03. The lowest BCUT2D eigenvalue weighted by molar-refractivity contribution is -0.894. The van der Waals surface area contributed by atoms with Crippen molar-refractivity contribution in [1.29, 1.82) is 0 Å². The third kappa shape index (κ3) is 31.6. The lowest BCUT2D eigenvalue weighted by Gasteiger charge is -2.27. The van der Waals surface area contributed by atoms with E-state index in [4.69, 9.17) is 21.1 Å². The average Bonchev–Trinajstić information content (AvgIpc) is 1.61. The Balaban J connectivity index is 0.000000323. The average molecular weight is 1860 g/mol. The van der Waals surface area contributed by atoms with Crippen LogP contribution in [0.4, 0.5) is 32.3 Å². The van der Waals surface area contributed by atoms with Crippen molar-refractivity contribution in [2.75, 3.05) is 103 Å². The van der Waals surface area contributed by atoms with Crippen molar-refractivity contribution >= 4 is 127 Å². The number of thioether (sulfide) groups is 1. The molecule has 24 nitrogen and oxygen atoms in total. The van der Waals surface area contributed by atoms with Gasteiger partial charge in [0.05, 0.1) is 50.7 Å². The number of unbranched alkanes of at least 4 members (excludes halogenated alkanes) is 4. The first-order chi connectivity index (χ1) is 58.6. The maximum Gasteiger partial charge on any atom is 0.407 e. The molecule has 2 aliphatic carbocycles. The summed E-state index contributed by atoms with van der Waals surface area (Å²) in [5.41, 5.74) is 17.0. The number of fused-ring (bicyclic) bond motifs is 4. The smallest absolute Gasteiger partial charge is 0.407 e. The van der Waals surface area contributed by atoms with E-state index in [1.807, 2.05) is 65.8 Å². The molecule has 6 aliphatic rings. The number of anilines is 2. The Morgan fingerprint density at radius 1 is 0.520 bits per heavy atom. The predicted octanol–water partition coefficient (Wildman–Crippen LogP) is 16.5. The fourth-order valence-electron chi connectivity index (χ4n) is 16.4. The van der Waals surface area contributed by atoms with Gasteiger partial charge in [0.1, 0.15) is 24.3 Å². The van der Waals surface area contributed by atoms with Crippen LogP contribution in [0.2, 0.25) is 0 Å². The van der Waals surface area contributed by atoms with Crippen LogP contribution in [0.25, 0.3) is 0 Å². The van der Waals surface area contributed by atoms with Gasteiger partial charge in [0.25, 0.3) is 0 Å². The van der Waals surface area contributed by atoms with Gasteiger partial charge in [-0.2, -0.15) is 30.4 Å². The Kier molecular flexibility index (Phi) is 42.9. The van der Waals surface area contributed by atoms with Gasteiger partial charge in [0.15, 0.2) is 11.4 Å². The summed E-state index contributed by atoms with van der Waals surface area (Å²) < 4.78 is 91.4. The highest BCUT2D eigenvalue weighted by atomic mass is 35.5. The largest absolute Gasteiger partial charge is 0.748 e. The fraction of sp³-hybridized carbons (Fsp3) is 0.532. The van der Waals surface area contributed by atoms with Crippen molar-refractivity contribution in [3.8, 4) is 0 Å². The number of alkyl carbamates (subject to hydrolysis) is 2. The molecule has 2 amide bonds. The molecule has 4 aliphatic heterocycles. The molecule has 0 bridgehead atoms. The van der Waals surface area contributed by atoms with Crippen molar-refractivity contribution in [3.63, 3.8) is 0 Å². The van der Waals surface area contributed by atoms with Crippen LogP contribution >= 0.6 is 60.1 Å². The van der Waals surface area contributed by atoms with Crippen LogP contribution in [-0.2, 0) is 75.6 Å². The number of nitrogens with zero attached hydrogens (tertiary/aromatic N) is 4. The molecule has 31 heteroatoms. The molecule has 692 valence electrons. The molecule has 0 spiro atoms. The number of quaternary nitrogens is 1. The molecule has 4 aromatic rings. The maximum absolute atomic E-state index is 12.5. The second kappa shape index (κ2) is 50.0. The molecule has 0 saturated carbocycles. The van der Waals surface area contributed by atoms with Gasteiger partial charge in [-0.15, -0.1) is 11.8 Å². The second-order valence-corrected chi connectivity index (χ2v) is 41.8. The van der Waals surface area contributed by atoms with Crippen molar-refractivity contribution < 1.29 is 93.8 Å². The number of carbonyl (C=O) groups excluding carboxylic acids is 2. The van der Waals surface area contributed by atoms with Gasteiger partial charge in [0.2, 0.25) is 11.4 Å². The summed E-state index contributed by atoms with van der Waals surface area (Å²) >= 11 is 14.8. The van der Waals surface area contributed by atoms with Gasteiger partial charge in [-0.3, -0.25) is 10.1 Å². The van der Waals surface area contributed by atoms with E-state index in [-0.39, 0.29) is 44.7 Å². The van der Waals surface area contributed by atoms with Gasteiger partial charge in [0, 0.05) is 177 Å². The topological polar surface area (TPSA) is 324 Å². The molecule has 0 aromatic heterocycles. The van der Waals surface area contributed by atoms with Crippen LogP contribution < -0.4 is 35.8 Å². The molecular weight excluding hydrogens is 1730 g/mol. The minimum Gasteiger partial charge on any atom is -0.748 e. The number of nitrogens with one attached hydrogen (secondary N) is 3. The quantitative estimate of drug-likeness (QED) is 0.00471. The number of hydrogen-bond donors (Lipinski definition) is 4. The molecule has 6 N–H and O–H groups in total. The lowest BCUT2D eigenvalue weighted by Crippen LogP contribution is -3.11. The van der Waals surface area contributed by atoms with E-state index in [0.717, 1.165) is 128 Å². The highest BCUT2D eigenvalue weighted by Gasteiger charge is 2.47. The first-order valence-corrected chi connectivity index (χ1v) is 50.2. The fourth-order valence-corrected chi connectivity index (χ4v) is 19.9. The first-order valence-electron chi connectivity index (χ1n) is 43.2. The number of amides is 2. The van der Waals surface area contributed by atoms with Crippen LogP contribution in [0.3, 0.4) is 0 Å². The van der Waals surface area contributed by atoms with Gasteiger partial charge >= 0.3 is 12.2 Å². The third-order valence-corrected chi connectivity index (χ3v) is 27.4. The summed E-state index contributed by atoms with van der Waals surface area (Å²) in [6.07, 6.45) is 25.7. The van der Waals surface area contributed by atoms with Crippen LogP contribution in [0.15, 0.2) is 189 Å². The summed E-state index contributed by atoms with van der Waals surface area (Å²) in [4.78, 5) is 31.0. The minimum atomic E-state index is -4.27. The number of halogens is 1. The number of benzene rings is 4. The molecule has 0 atom stereocenters. The number of para-hydroxylation sites is 4. The molecular formula is C94H136ClN7O17S6. The second-order valence-electron chi connectivity index (χ2n) is 35.3. The van der Waals surface area contributed by atoms with Crippen molar-refractivity contribution in [2.45, 2.75) is 228 Å². The third-order valence-electron chi connectivity index (χ3n) is 22.7. The van der Waals surface area contributed by atoms with E-state index in [2.05, 4.69) is 259 Å². The molecule has 4 heterocycles. The minimum absolute atomic E-state index is 0. The summed E-state index contributed by atoms with van der Waals surface area (Å²) in [7, 11) is -8.50. The Morgan fingerprint density at radius 2 is 0.912 bits per heavy atom. The Morgan fingerprint density at radius 3 is 1.32 bits per heavy atom. The van der Waals surface area contributed by atoms with E-state index in [9.17, 15) is 46.0 Å². The van der Waals surface area contributed by atoms with Crippen LogP contribution in [0.5, 0.6) is 0 Å². The number of thiol groups is 1. The number of ether oxygens (including phenoxy) is 2. The number of rotatable bonds is 39. The van der Waals surface area contributed by atoms with Gasteiger partial charge in [-0.1, -0.05) is 136 Å². The normalized spacial score (nSPS) is 18.0. The van der Waals surface area contributed by atoms with E-state index in [0.29, 0.717) is 74.9 Å². The van der Waals surface area contributed by atoms with Crippen LogP contribution in [0, 0.1) is 0 Å². The highest BCUT2D eigenvalue weighted by Crippen LogP contribution is 2.51. The van der Waals surface area contributed by atoms with E-state index >= 15 is 0 Å². The van der Waals surface area contributed by atoms with Gasteiger partial charge in [-0.05, 0) is 212 Å². The molecule has 0 saturated heterocycles. The molecule has 0 unspecified atom stereocenters. The summed E-state index contributed by atoms with van der Waals surface area (Å²) in [5, 5.41) is 33.5. The predicted molar refractivity (Wildman–Crippen MR) is 509 cm³/mol. The zero-order chi connectivity index (χ0) is 91.3. The Hall–Kier alpha value is -6.53. The SMILES string of the molecule is CC(C)(C)OC(=O)NCCS.CC(C)(C)OC(=O)NCCSC1=C(C=CC2=[N+](CCCCS(=O)(=O)[O-])c3ccccc3C2(C)C)CCC1=CC=C1N(CCCCSOO[O-])c2ccccc2C1(C)C.CC1(C)C(=CC=C2CCC(C=CC3=[N+](CCCCS(=O)(=O)[O-])c4ccccc4C3(C)C)=C2Cl)N(CCCCSOO[O-])c2ccccc21.CC[NH+](CC)CC.[OH3+]. The maximum atomic E-state index is 12.5. The van der Waals surface area contributed by atoms with Crippen molar-refractivity contribution in [3.05, 3.63) is 212 Å². The standard InChI is InChI=1S/C44H59N3O8S3.C37H45ClN2O6S2.C7H15NO2S.C6H15N.H2O/c1-42(2,3)53-41(48)45-26-30-56-40-32(22-24-38-43(4,5)34-16-8-10-18-36(34)46(38)27-12-14-29-57-55-54-49)20-21-33(40)23-25-39-44(6,7)35-17-9-11-19-37(35)47(39)28-13-15-31-58(50,51)52;1-36(2)29-13-5-7-15-31(29)39(23-9-11-25-47-46-45-41)33(36)21-19-27-17-18-28(35(27)38)20-22-34-37(3,4)30-14-6-8-16-32(30)40(34)24-10-12-26-48(42,43)44;1-7(2,3)10-6(9)8-4-5-11;1-4-7(5-2)6-3;/h8-11,16-19,22-25H,12-15,20-21,26-31H2,1-7H3,(H2-,45,48,49,50,51,52);5-8,13-16,19-22H,9-12,17-18,23-26H2,1-4H3,(H-,41,42,43,44);11H,4-5H2,1-3H3,(H,8,9);4-6H2,1-3H3;1H2. The molecule has 0 radical (unpaired) electrons. The number of allylic oxidation sites excluding steroid dienone is 15. The zero-order valence-corrected chi connectivity index (χ0v) is 81.9. The summed E-state index contributed by atoms with van der Waals surface area (Å²) in [6.45, 7) is 43.3. The van der Waals surface area contributed by atoms with E-state index in [1.54, 1.807) is 16.7 Å². The molecule has 125 heavy (non-hydrogen) atoms. The van der Waals surface area contributed by atoms with Crippen molar-refractivity contribution in [2.24, 2.45) is 0 Å². The zero-order valence-electron chi connectivity index (χ0n) is 76.2. The van der Waals surface area contributed by atoms with Gasteiger partial charge in [-0.25, -0.2) is 26.4 Å². The molecule has 0 fully saturated rings.